The molecule has 1 aromatic carbocycles. The first-order valence-electron chi connectivity index (χ1n) is 11.0. The summed E-state index contributed by atoms with van der Waals surface area (Å²) >= 11 is 0. The lowest BCUT2D eigenvalue weighted by atomic mass is 10.1. The van der Waals surface area contributed by atoms with Crippen molar-refractivity contribution in [1.29, 1.82) is 0 Å². The molecule has 2 heterocycles. The Hall–Kier alpha value is -3.47. The Morgan fingerprint density at radius 2 is 1.68 bits per heavy atom. The van der Waals surface area contributed by atoms with Crippen molar-refractivity contribution in [2.75, 3.05) is 18.1 Å². The molecule has 2 aliphatic heterocycles. The van der Waals surface area contributed by atoms with Gasteiger partial charge in [0.25, 0.3) is 11.8 Å². The fourth-order valence-electron chi connectivity index (χ4n) is 3.57. The Kier molecular flexibility index (Phi) is 7.55. The second-order valence-electron chi connectivity index (χ2n) is 8.93. The molecule has 0 radical (unpaired) electrons. The highest BCUT2D eigenvalue weighted by Gasteiger charge is 2.35. The Morgan fingerprint density at radius 3 is 2.24 bits per heavy atom. The zero-order valence-electron chi connectivity index (χ0n) is 19.6. The van der Waals surface area contributed by atoms with Gasteiger partial charge in [-0.15, -0.1) is 5.06 Å². The number of esters is 1. The molecule has 34 heavy (non-hydrogen) atoms. The van der Waals surface area contributed by atoms with Gasteiger partial charge in [0.05, 0.1) is 11.3 Å². The number of anilines is 1. The molecular weight excluding hydrogens is 448 g/mol. The molecular formula is C23H28N2O9. The Bertz CT molecular complexity index is 977. The first-order chi connectivity index (χ1) is 16.0. The molecule has 0 spiro atoms. The van der Waals surface area contributed by atoms with Crippen LogP contribution in [0, 0.1) is 0 Å². The van der Waals surface area contributed by atoms with Gasteiger partial charge in [0, 0.05) is 39.0 Å². The SMILES string of the molecule is CC(=O)Oc1cc(C(=O)ON2C(=O)CCC2=O)ccc1N(C(=O)OC(C)(C)C)C1CCOCC1. The fourth-order valence-corrected chi connectivity index (χ4v) is 3.57. The van der Waals surface area contributed by atoms with E-state index in [1.807, 2.05) is 0 Å². The van der Waals surface area contributed by atoms with Crippen LogP contribution in [0.4, 0.5) is 10.5 Å². The Labute approximate surface area is 196 Å². The molecule has 2 fully saturated rings. The largest absolute Gasteiger partial charge is 0.443 e. The van der Waals surface area contributed by atoms with Gasteiger partial charge in [-0.3, -0.25) is 19.3 Å². The number of carbonyl (C=O) groups is 5. The van der Waals surface area contributed by atoms with E-state index in [4.69, 9.17) is 19.0 Å². The quantitative estimate of drug-likeness (QED) is 0.358. The summed E-state index contributed by atoms with van der Waals surface area (Å²) < 4.78 is 16.3. The van der Waals surface area contributed by atoms with E-state index < -0.39 is 35.4 Å². The van der Waals surface area contributed by atoms with Crippen LogP contribution in [-0.4, -0.2) is 59.8 Å². The summed E-state index contributed by atoms with van der Waals surface area (Å²) in [5, 5.41) is 0.427. The number of hydroxylamine groups is 2. The number of ether oxygens (including phenoxy) is 3. The van der Waals surface area contributed by atoms with E-state index in [0.717, 1.165) is 0 Å². The predicted octanol–water partition coefficient (Wildman–Crippen LogP) is 2.75. The smallest absolute Gasteiger partial charge is 0.415 e. The van der Waals surface area contributed by atoms with Crippen molar-refractivity contribution < 1.29 is 43.0 Å². The van der Waals surface area contributed by atoms with E-state index >= 15 is 0 Å². The molecule has 2 saturated heterocycles. The molecule has 3 amide bonds. The molecule has 0 saturated carbocycles. The minimum Gasteiger partial charge on any atom is -0.443 e. The maximum absolute atomic E-state index is 13.2. The lowest BCUT2D eigenvalue weighted by molar-refractivity contribution is -0.172. The number of imide groups is 1. The normalized spacial score (nSPS) is 16.9. The van der Waals surface area contributed by atoms with Gasteiger partial charge in [0.1, 0.15) is 5.60 Å². The number of nitrogens with zero attached hydrogens (tertiary/aromatic N) is 2. The van der Waals surface area contributed by atoms with Crippen molar-refractivity contribution in [2.24, 2.45) is 0 Å². The van der Waals surface area contributed by atoms with E-state index in [0.29, 0.717) is 31.1 Å². The van der Waals surface area contributed by atoms with Crippen molar-refractivity contribution in [3.8, 4) is 5.75 Å². The highest BCUT2D eigenvalue weighted by Crippen LogP contribution is 2.35. The van der Waals surface area contributed by atoms with E-state index in [1.165, 1.54) is 30.0 Å². The standard InChI is InChI=1S/C23H28N2O9/c1-14(26)32-18-13-15(21(29)34-25-19(27)7-8-20(25)28)5-6-17(18)24(16-9-11-31-12-10-16)22(30)33-23(2,3)4/h5-6,13,16H,7-12H2,1-4H3. The molecule has 184 valence electrons. The van der Waals surface area contributed by atoms with Gasteiger partial charge in [-0.1, -0.05) is 0 Å². The van der Waals surface area contributed by atoms with Crippen LogP contribution in [0.5, 0.6) is 5.75 Å². The van der Waals surface area contributed by atoms with E-state index in [1.54, 1.807) is 20.8 Å². The monoisotopic (exact) mass is 476 g/mol. The van der Waals surface area contributed by atoms with Gasteiger partial charge in [-0.2, -0.15) is 0 Å². The maximum Gasteiger partial charge on any atom is 0.415 e. The number of amides is 3. The first kappa shape index (κ1) is 25.2. The zero-order valence-corrected chi connectivity index (χ0v) is 19.6. The van der Waals surface area contributed by atoms with Crippen LogP contribution in [-0.2, 0) is 28.7 Å². The van der Waals surface area contributed by atoms with Gasteiger partial charge in [0.2, 0.25) is 0 Å². The van der Waals surface area contributed by atoms with Crippen LogP contribution in [0.25, 0.3) is 0 Å². The molecule has 11 heteroatoms. The van der Waals surface area contributed by atoms with Crippen molar-refractivity contribution in [3.63, 3.8) is 0 Å². The van der Waals surface area contributed by atoms with Crippen molar-refractivity contribution >= 4 is 35.5 Å². The Balaban J connectivity index is 1.97. The molecule has 0 N–H and O–H groups in total. The average molecular weight is 476 g/mol. The predicted molar refractivity (Wildman–Crippen MR) is 117 cm³/mol. The number of hydrogen-bond donors (Lipinski definition) is 0. The molecule has 0 aromatic heterocycles. The lowest BCUT2D eigenvalue weighted by Crippen LogP contribution is -2.46. The van der Waals surface area contributed by atoms with E-state index in [2.05, 4.69) is 0 Å². The third-order valence-electron chi connectivity index (χ3n) is 5.03. The van der Waals surface area contributed by atoms with Crippen LogP contribution in [0.3, 0.4) is 0 Å². The topological polar surface area (TPSA) is 129 Å². The van der Waals surface area contributed by atoms with Crippen molar-refractivity contribution in [1.82, 2.24) is 5.06 Å². The lowest BCUT2D eigenvalue weighted by Gasteiger charge is -2.36. The summed E-state index contributed by atoms with van der Waals surface area (Å²) in [6.45, 7) is 7.27. The number of carbonyl (C=O) groups excluding carboxylic acids is 5. The minimum atomic E-state index is -0.988. The summed E-state index contributed by atoms with van der Waals surface area (Å²) in [4.78, 5) is 67.5. The molecule has 3 rings (SSSR count). The summed E-state index contributed by atoms with van der Waals surface area (Å²) in [5.74, 6) is -2.97. The number of hydrogen-bond acceptors (Lipinski definition) is 9. The highest BCUT2D eigenvalue weighted by molar-refractivity contribution is 6.03. The van der Waals surface area contributed by atoms with Crippen LogP contribution in [0.2, 0.25) is 0 Å². The third kappa shape index (κ3) is 6.10. The molecule has 0 atom stereocenters. The first-order valence-corrected chi connectivity index (χ1v) is 11.0. The Morgan fingerprint density at radius 1 is 1.06 bits per heavy atom. The van der Waals surface area contributed by atoms with Crippen LogP contribution in [0.15, 0.2) is 18.2 Å². The summed E-state index contributed by atoms with van der Waals surface area (Å²) in [6, 6.07) is 3.71. The van der Waals surface area contributed by atoms with E-state index in [9.17, 15) is 24.0 Å². The third-order valence-corrected chi connectivity index (χ3v) is 5.03. The maximum atomic E-state index is 13.2. The molecule has 11 nitrogen and oxygen atoms in total. The zero-order chi connectivity index (χ0) is 25.0. The van der Waals surface area contributed by atoms with Gasteiger partial charge < -0.3 is 19.0 Å². The van der Waals surface area contributed by atoms with Gasteiger partial charge >= 0.3 is 18.0 Å². The summed E-state index contributed by atoms with van der Waals surface area (Å²) in [7, 11) is 0. The molecule has 2 aliphatic rings. The van der Waals surface area contributed by atoms with Crippen molar-refractivity contribution in [2.45, 2.75) is 65.0 Å². The number of benzene rings is 1. The number of rotatable bonds is 5. The van der Waals surface area contributed by atoms with Crippen LogP contribution >= 0.6 is 0 Å². The minimum absolute atomic E-state index is 0.0420. The van der Waals surface area contributed by atoms with E-state index in [-0.39, 0.29) is 35.9 Å². The van der Waals surface area contributed by atoms with Gasteiger partial charge in [-0.05, 0) is 51.8 Å². The molecule has 0 aliphatic carbocycles. The summed E-state index contributed by atoms with van der Waals surface area (Å²) in [6.07, 6.45) is 0.333. The van der Waals surface area contributed by atoms with Crippen LogP contribution in [0.1, 0.15) is 63.7 Å². The van der Waals surface area contributed by atoms with Gasteiger partial charge in [-0.25, -0.2) is 9.59 Å². The molecule has 0 unspecified atom stereocenters. The second kappa shape index (κ2) is 10.2. The highest BCUT2D eigenvalue weighted by atomic mass is 16.7. The van der Waals surface area contributed by atoms with Crippen molar-refractivity contribution in [3.05, 3.63) is 23.8 Å². The summed E-state index contributed by atoms with van der Waals surface area (Å²) in [5.41, 5.74) is -0.634. The van der Waals surface area contributed by atoms with Crippen LogP contribution < -0.4 is 9.64 Å². The molecule has 0 bridgehead atoms. The fraction of sp³-hybridized carbons (Fsp3) is 0.522. The molecule has 1 aromatic rings. The second-order valence-corrected chi connectivity index (χ2v) is 8.93. The van der Waals surface area contributed by atoms with Gasteiger partial charge in [0.15, 0.2) is 5.75 Å². The average Bonchev–Trinajstić information content (AvgIpc) is 3.06.